The van der Waals surface area contributed by atoms with Crippen molar-refractivity contribution >= 4 is 44.6 Å². The zero-order valence-electron chi connectivity index (χ0n) is 8.37. The van der Waals surface area contributed by atoms with E-state index in [9.17, 15) is 0 Å². The second-order valence-electron chi connectivity index (χ2n) is 3.37. The minimum Gasteiger partial charge on any atom is -0.399 e. The summed E-state index contributed by atoms with van der Waals surface area (Å²) in [5.41, 5.74) is 8.18. The van der Waals surface area contributed by atoms with Crippen molar-refractivity contribution < 1.29 is 0 Å². The molecular formula is C12H10BrClN2. The average Bonchev–Trinajstić information content (AvgIpc) is 2.25. The van der Waals surface area contributed by atoms with Gasteiger partial charge in [0.25, 0.3) is 0 Å². The third-order valence-corrected chi connectivity index (χ3v) is 2.93. The molecular weight excluding hydrogens is 288 g/mol. The van der Waals surface area contributed by atoms with Crippen LogP contribution >= 0.6 is 27.5 Å². The fraction of sp³-hybridized carbons (Fsp3) is 0. The highest BCUT2D eigenvalue weighted by Gasteiger charge is 2.01. The van der Waals surface area contributed by atoms with Crippen molar-refractivity contribution in [2.75, 3.05) is 11.1 Å². The molecule has 4 heteroatoms. The van der Waals surface area contributed by atoms with Gasteiger partial charge in [0.15, 0.2) is 0 Å². The van der Waals surface area contributed by atoms with Crippen LogP contribution in [0, 0.1) is 0 Å². The largest absolute Gasteiger partial charge is 0.399 e. The van der Waals surface area contributed by atoms with Crippen LogP contribution in [0.5, 0.6) is 0 Å². The summed E-state index contributed by atoms with van der Waals surface area (Å²) < 4.78 is 0.959. The molecule has 2 nitrogen and oxygen atoms in total. The van der Waals surface area contributed by atoms with Crippen molar-refractivity contribution in [3.63, 3.8) is 0 Å². The van der Waals surface area contributed by atoms with E-state index < -0.39 is 0 Å². The summed E-state index contributed by atoms with van der Waals surface area (Å²) in [6.45, 7) is 0. The molecule has 0 saturated carbocycles. The fourth-order valence-corrected chi connectivity index (χ4v) is 2.03. The van der Waals surface area contributed by atoms with Gasteiger partial charge in [-0.2, -0.15) is 0 Å². The van der Waals surface area contributed by atoms with Gasteiger partial charge in [-0.15, -0.1) is 0 Å². The van der Waals surface area contributed by atoms with Gasteiger partial charge < -0.3 is 11.1 Å². The van der Waals surface area contributed by atoms with Crippen molar-refractivity contribution in [1.29, 1.82) is 0 Å². The van der Waals surface area contributed by atoms with Gasteiger partial charge in [0.1, 0.15) is 0 Å². The standard InChI is InChI=1S/C12H10BrClN2/c13-8-1-6-12(11(14)7-8)16-10-4-2-9(15)3-5-10/h1-7,16H,15H2. The summed E-state index contributed by atoms with van der Waals surface area (Å²) in [6.07, 6.45) is 0. The van der Waals surface area contributed by atoms with Gasteiger partial charge in [-0.1, -0.05) is 27.5 Å². The number of halogens is 2. The number of benzene rings is 2. The number of nitrogen functional groups attached to an aromatic ring is 1. The van der Waals surface area contributed by atoms with Crippen molar-refractivity contribution in [2.24, 2.45) is 0 Å². The van der Waals surface area contributed by atoms with Crippen LogP contribution in [0.4, 0.5) is 17.1 Å². The summed E-state index contributed by atoms with van der Waals surface area (Å²) in [4.78, 5) is 0. The second kappa shape index (κ2) is 4.76. The number of hydrogen-bond acceptors (Lipinski definition) is 2. The number of rotatable bonds is 2. The van der Waals surface area contributed by atoms with Crippen molar-refractivity contribution in [3.05, 3.63) is 52.0 Å². The molecule has 2 aromatic carbocycles. The predicted octanol–water partition coefficient (Wildman–Crippen LogP) is 4.43. The molecule has 0 aliphatic heterocycles. The fourth-order valence-electron chi connectivity index (χ4n) is 1.31. The summed E-state index contributed by atoms with van der Waals surface area (Å²) in [5.74, 6) is 0. The van der Waals surface area contributed by atoms with E-state index in [1.54, 1.807) is 0 Å². The average molecular weight is 298 g/mol. The molecule has 0 fully saturated rings. The van der Waals surface area contributed by atoms with Crippen molar-refractivity contribution in [2.45, 2.75) is 0 Å². The maximum Gasteiger partial charge on any atom is 0.0652 e. The van der Waals surface area contributed by atoms with E-state index in [-0.39, 0.29) is 0 Å². The van der Waals surface area contributed by atoms with E-state index in [0.29, 0.717) is 5.02 Å². The maximum absolute atomic E-state index is 6.09. The Morgan fingerprint density at radius 1 is 1.06 bits per heavy atom. The molecule has 0 radical (unpaired) electrons. The molecule has 0 amide bonds. The molecule has 0 bridgehead atoms. The Bertz CT molecular complexity index is 497. The predicted molar refractivity (Wildman–Crippen MR) is 73.3 cm³/mol. The lowest BCUT2D eigenvalue weighted by molar-refractivity contribution is 1.53. The van der Waals surface area contributed by atoms with Gasteiger partial charge in [0.2, 0.25) is 0 Å². The first-order valence-corrected chi connectivity index (χ1v) is 5.90. The summed E-state index contributed by atoms with van der Waals surface area (Å²) in [6, 6.07) is 13.2. The number of hydrogen-bond donors (Lipinski definition) is 2. The van der Waals surface area contributed by atoms with Crippen LogP contribution in [0.25, 0.3) is 0 Å². The maximum atomic E-state index is 6.09. The van der Waals surface area contributed by atoms with E-state index in [4.69, 9.17) is 17.3 Å². The molecule has 0 saturated heterocycles. The summed E-state index contributed by atoms with van der Waals surface area (Å²) >= 11 is 9.46. The first kappa shape index (κ1) is 11.3. The Kier molecular flexibility index (Phi) is 3.36. The molecule has 3 N–H and O–H groups in total. The van der Waals surface area contributed by atoms with Gasteiger partial charge in [-0.05, 0) is 42.5 Å². The second-order valence-corrected chi connectivity index (χ2v) is 4.69. The zero-order valence-corrected chi connectivity index (χ0v) is 10.7. The summed E-state index contributed by atoms with van der Waals surface area (Å²) in [7, 11) is 0. The van der Waals surface area contributed by atoms with Gasteiger partial charge >= 0.3 is 0 Å². The lowest BCUT2D eigenvalue weighted by atomic mass is 10.2. The molecule has 2 aromatic rings. The monoisotopic (exact) mass is 296 g/mol. The Labute approximate surface area is 108 Å². The van der Waals surface area contributed by atoms with Gasteiger partial charge in [-0.3, -0.25) is 0 Å². The topological polar surface area (TPSA) is 38.0 Å². The molecule has 0 spiro atoms. The Morgan fingerprint density at radius 2 is 1.75 bits per heavy atom. The van der Waals surface area contributed by atoms with Crippen LogP contribution < -0.4 is 11.1 Å². The molecule has 2 rings (SSSR count). The zero-order chi connectivity index (χ0) is 11.5. The summed E-state index contributed by atoms with van der Waals surface area (Å²) in [5, 5.41) is 3.89. The lowest BCUT2D eigenvalue weighted by Crippen LogP contribution is -1.91. The van der Waals surface area contributed by atoms with Crippen LogP contribution in [0.3, 0.4) is 0 Å². The van der Waals surface area contributed by atoms with E-state index in [0.717, 1.165) is 21.5 Å². The van der Waals surface area contributed by atoms with Crippen LogP contribution in [0.15, 0.2) is 46.9 Å². The Hall–Kier alpha value is -1.19. The van der Waals surface area contributed by atoms with Gasteiger partial charge in [-0.25, -0.2) is 0 Å². The lowest BCUT2D eigenvalue weighted by Gasteiger charge is -2.08. The highest BCUT2D eigenvalue weighted by Crippen LogP contribution is 2.28. The molecule has 0 atom stereocenters. The number of nitrogens with two attached hydrogens (primary N) is 1. The highest BCUT2D eigenvalue weighted by atomic mass is 79.9. The van der Waals surface area contributed by atoms with Crippen molar-refractivity contribution in [1.82, 2.24) is 0 Å². The Morgan fingerprint density at radius 3 is 2.38 bits per heavy atom. The third kappa shape index (κ3) is 2.68. The first-order chi connectivity index (χ1) is 7.65. The normalized spacial score (nSPS) is 10.1. The first-order valence-electron chi connectivity index (χ1n) is 4.73. The molecule has 0 aliphatic carbocycles. The van der Waals surface area contributed by atoms with Crippen LogP contribution in [0.1, 0.15) is 0 Å². The van der Waals surface area contributed by atoms with Gasteiger partial charge in [0.05, 0.1) is 10.7 Å². The molecule has 82 valence electrons. The van der Waals surface area contributed by atoms with Crippen LogP contribution in [-0.2, 0) is 0 Å². The molecule has 16 heavy (non-hydrogen) atoms. The van der Waals surface area contributed by atoms with Crippen LogP contribution in [0.2, 0.25) is 5.02 Å². The molecule has 0 unspecified atom stereocenters. The van der Waals surface area contributed by atoms with E-state index in [1.165, 1.54) is 0 Å². The third-order valence-electron chi connectivity index (χ3n) is 2.12. The molecule has 0 heterocycles. The van der Waals surface area contributed by atoms with E-state index in [1.807, 2.05) is 42.5 Å². The number of anilines is 3. The number of nitrogens with one attached hydrogen (secondary N) is 1. The quantitative estimate of drug-likeness (QED) is 0.805. The van der Waals surface area contributed by atoms with Crippen LogP contribution in [-0.4, -0.2) is 0 Å². The minimum atomic E-state index is 0.672. The SMILES string of the molecule is Nc1ccc(Nc2ccc(Br)cc2Cl)cc1. The minimum absolute atomic E-state index is 0.672. The van der Waals surface area contributed by atoms with E-state index in [2.05, 4.69) is 21.2 Å². The highest BCUT2D eigenvalue weighted by molar-refractivity contribution is 9.10. The molecule has 0 aliphatic rings. The van der Waals surface area contributed by atoms with Gasteiger partial charge in [0, 0.05) is 15.8 Å². The van der Waals surface area contributed by atoms with Crippen molar-refractivity contribution in [3.8, 4) is 0 Å². The van der Waals surface area contributed by atoms with E-state index >= 15 is 0 Å². The molecule has 0 aromatic heterocycles. The smallest absolute Gasteiger partial charge is 0.0652 e. The Balaban J connectivity index is 2.23.